The van der Waals surface area contributed by atoms with Crippen LogP contribution in [0, 0.1) is 5.92 Å². The molecule has 0 spiro atoms. The zero-order chi connectivity index (χ0) is 15.8. The number of hydrogen-bond donors (Lipinski definition) is 0. The Bertz CT molecular complexity index is 432. The molecular formula is C15H27N3O2S. The van der Waals surface area contributed by atoms with E-state index in [0.29, 0.717) is 12.5 Å². The molecule has 0 aromatic carbocycles. The average Bonchev–Trinajstić information content (AvgIpc) is 2.82. The summed E-state index contributed by atoms with van der Waals surface area (Å²) >= 11 is 1.60. The van der Waals surface area contributed by atoms with Crippen molar-refractivity contribution >= 4 is 22.4 Å². The van der Waals surface area contributed by atoms with Crippen LogP contribution in [0.5, 0.6) is 0 Å². The second-order valence-electron chi connectivity index (χ2n) is 5.75. The summed E-state index contributed by atoms with van der Waals surface area (Å²) in [6.07, 6.45) is 0.257. The van der Waals surface area contributed by atoms with Gasteiger partial charge >= 0.3 is 5.97 Å². The molecule has 0 aliphatic rings. The minimum atomic E-state index is -0.210. The Labute approximate surface area is 131 Å². The van der Waals surface area contributed by atoms with Gasteiger partial charge in [0.2, 0.25) is 0 Å². The quantitative estimate of drug-likeness (QED) is 0.655. The van der Waals surface area contributed by atoms with Crippen molar-refractivity contribution in [3.05, 3.63) is 11.1 Å². The maximum Gasteiger partial charge on any atom is 0.311 e. The zero-order valence-corrected chi connectivity index (χ0v) is 14.6. The van der Waals surface area contributed by atoms with E-state index in [2.05, 4.69) is 42.7 Å². The van der Waals surface area contributed by atoms with Crippen LogP contribution < -0.4 is 4.90 Å². The molecule has 0 aliphatic carbocycles. The molecule has 0 unspecified atom stereocenters. The lowest BCUT2D eigenvalue weighted by Crippen LogP contribution is -2.34. The summed E-state index contributed by atoms with van der Waals surface area (Å²) in [6.45, 7) is 9.54. The molecule has 0 bridgehead atoms. The van der Waals surface area contributed by atoms with Gasteiger partial charge in [0.25, 0.3) is 0 Å². The van der Waals surface area contributed by atoms with E-state index in [4.69, 9.17) is 4.74 Å². The van der Waals surface area contributed by atoms with Crippen LogP contribution in [0.4, 0.5) is 5.13 Å². The first kappa shape index (κ1) is 17.9. The van der Waals surface area contributed by atoms with Gasteiger partial charge in [-0.3, -0.25) is 4.79 Å². The standard InChI is InChI=1S/C15H27N3O2S/c1-6-20-14(19)9-13-11-21-15(16-13)18(10-12(2)3)8-7-17(4)5/h11-12H,6-10H2,1-5H3. The first-order valence-corrected chi connectivity index (χ1v) is 8.30. The molecule has 0 aliphatic heterocycles. The third-order valence-electron chi connectivity index (χ3n) is 2.84. The molecule has 0 fully saturated rings. The van der Waals surface area contributed by atoms with Crippen molar-refractivity contribution in [1.82, 2.24) is 9.88 Å². The van der Waals surface area contributed by atoms with E-state index >= 15 is 0 Å². The highest BCUT2D eigenvalue weighted by molar-refractivity contribution is 7.13. The molecule has 0 saturated heterocycles. The fraction of sp³-hybridized carbons (Fsp3) is 0.733. The molecule has 1 heterocycles. The van der Waals surface area contributed by atoms with E-state index in [9.17, 15) is 4.79 Å². The van der Waals surface area contributed by atoms with Gasteiger partial charge in [0, 0.05) is 25.0 Å². The van der Waals surface area contributed by atoms with Crippen LogP contribution in [0.25, 0.3) is 0 Å². The maximum absolute atomic E-state index is 11.5. The summed E-state index contributed by atoms with van der Waals surface area (Å²) in [5.41, 5.74) is 0.798. The Kier molecular flexibility index (Phi) is 7.67. The number of thiazole rings is 1. The Morgan fingerprint density at radius 3 is 2.67 bits per heavy atom. The lowest BCUT2D eigenvalue weighted by Gasteiger charge is -2.25. The topological polar surface area (TPSA) is 45.7 Å². The molecule has 1 aromatic heterocycles. The monoisotopic (exact) mass is 313 g/mol. The van der Waals surface area contributed by atoms with Gasteiger partial charge in [-0.05, 0) is 26.9 Å². The molecule has 0 N–H and O–H groups in total. The number of carbonyl (C=O) groups is 1. The van der Waals surface area contributed by atoms with Gasteiger partial charge in [0.05, 0.1) is 18.7 Å². The molecule has 0 amide bonds. The lowest BCUT2D eigenvalue weighted by atomic mass is 10.2. The Hall–Kier alpha value is -1.14. The summed E-state index contributed by atoms with van der Waals surface area (Å²) in [7, 11) is 4.14. The zero-order valence-electron chi connectivity index (χ0n) is 13.8. The summed E-state index contributed by atoms with van der Waals surface area (Å²) in [5.74, 6) is 0.364. The number of esters is 1. The minimum absolute atomic E-state index is 0.210. The predicted molar refractivity (Wildman–Crippen MR) is 88.1 cm³/mol. The predicted octanol–water partition coefficient (Wildman–Crippen LogP) is 2.27. The second-order valence-corrected chi connectivity index (χ2v) is 6.58. The van der Waals surface area contributed by atoms with Crippen LogP contribution in [-0.4, -0.2) is 56.2 Å². The van der Waals surface area contributed by atoms with Crippen molar-refractivity contribution in [3.63, 3.8) is 0 Å². The number of nitrogens with zero attached hydrogens (tertiary/aromatic N) is 3. The van der Waals surface area contributed by atoms with Crippen molar-refractivity contribution in [2.24, 2.45) is 5.92 Å². The molecule has 6 heteroatoms. The Morgan fingerprint density at radius 2 is 2.10 bits per heavy atom. The Morgan fingerprint density at radius 1 is 1.38 bits per heavy atom. The third-order valence-corrected chi connectivity index (χ3v) is 3.79. The van der Waals surface area contributed by atoms with E-state index in [1.807, 2.05) is 12.3 Å². The fourth-order valence-electron chi connectivity index (χ4n) is 1.91. The van der Waals surface area contributed by atoms with E-state index in [0.717, 1.165) is 30.5 Å². The minimum Gasteiger partial charge on any atom is -0.466 e. The first-order valence-electron chi connectivity index (χ1n) is 7.42. The molecule has 1 aromatic rings. The van der Waals surface area contributed by atoms with Gasteiger partial charge in [0.15, 0.2) is 5.13 Å². The summed E-state index contributed by atoms with van der Waals surface area (Å²) < 4.78 is 4.96. The third kappa shape index (κ3) is 6.91. The lowest BCUT2D eigenvalue weighted by molar-refractivity contribution is -0.142. The van der Waals surface area contributed by atoms with Crippen molar-refractivity contribution in [2.45, 2.75) is 27.2 Å². The van der Waals surface area contributed by atoms with Crippen molar-refractivity contribution in [3.8, 4) is 0 Å². The first-order chi connectivity index (χ1) is 9.92. The number of anilines is 1. The molecule has 120 valence electrons. The van der Waals surface area contributed by atoms with E-state index in [-0.39, 0.29) is 12.4 Å². The van der Waals surface area contributed by atoms with Gasteiger partial charge < -0.3 is 14.5 Å². The molecule has 0 saturated carbocycles. The van der Waals surface area contributed by atoms with E-state index in [1.54, 1.807) is 11.3 Å². The van der Waals surface area contributed by atoms with Crippen LogP contribution in [0.3, 0.4) is 0 Å². The number of aromatic nitrogens is 1. The normalized spacial score (nSPS) is 11.2. The van der Waals surface area contributed by atoms with Gasteiger partial charge in [0.1, 0.15) is 0 Å². The van der Waals surface area contributed by atoms with Crippen LogP contribution in [0.15, 0.2) is 5.38 Å². The van der Waals surface area contributed by atoms with Crippen LogP contribution in [0.1, 0.15) is 26.5 Å². The molecule has 1 rings (SSSR count). The SMILES string of the molecule is CCOC(=O)Cc1csc(N(CCN(C)C)CC(C)C)n1. The summed E-state index contributed by atoms with van der Waals surface area (Å²) in [4.78, 5) is 20.6. The maximum atomic E-state index is 11.5. The van der Waals surface area contributed by atoms with Crippen LogP contribution >= 0.6 is 11.3 Å². The fourth-order valence-corrected chi connectivity index (χ4v) is 2.77. The van der Waals surface area contributed by atoms with E-state index in [1.165, 1.54) is 0 Å². The molecule has 0 atom stereocenters. The number of hydrogen-bond acceptors (Lipinski definition) is 6. The van der Waals surface area contributed by atoms with Crippen LogP contribution in [0.2, 0.25) is 0 Å². The molecule has 5 nitrogen and oxygen atoms in total. The highest BCUT2D eigenvalue weighted by Gasteiger charge is 2.14. The second kappa shape index (κ2) is 9.00. The van der Waals surface area contributed by atoms with Gasteiger partial charge in [-0.15, -0.1) is 11.3 Å². The van der Waals surface area contributed by atoms with Crippen LogP contribution in [-0.2, 0) is 16.0 Å². The molecule has 0 radical (unpaired) electrons. The number of rotatable bonds is 9. The van der Waals surface area contributed by atoms with Gasteiger partial charge in [-0.1, -0.05) is 13.8 Å². The summed E-state index contributed by atoms with van der Waals surface area (Å²) in [6, 6.07) is 0. The Balaban J connectivity index is 2.69. The van der Waals surface area contributed by atoms with Gasteiger partial charge in [-0.2, -0.15) is 0 Å². The van der Waals surface area contributed by atoms with E-state index < -0.39 is 0 Å². The highest BCUT2D eigenvalue weighted by atomic mass is 32.1. The smallest absolute Gasteiger partial charge is 0.311 e. The number of likely N-dealkylation sites (N-methyl/N-ethyl adjacent to an activating group) is 1. The molecule has 21 heavy (non-hydrogen) atoms. The van der Waals surface area contributed by atoms with Crippen molar-refractivity contribution in [2.75, 3.05) is 45.2 Å². The molecular weight excluding hydrogens is 286 g/mol. The van der Waals surface area contributed by atoms with Crippen molar-refractivity contribution < 1.29 is 9.53 Å². The average molecular weight is 313 g/mol. The van der Waals surface area contributed by atoms with Gasteiger partial charge in [-0.25, -0.2) is 4.98 Å². The number of ether oxygens (including phenoxy) is 1. The summed E-state index contributed by atoms with van der Waals surface area (Å²) in [5, 5.41) is 2.94. The number of carbonyl (C=O) groups excluding carboxylic acids is 1. The largest absolute Gasteiger partial charge is 0.466 e. The highest BCUT2D eigenvalue weighted by Crippen LogP contribution is 2.22. The van der Waals surface area contributed by atoms with Crippen molar-refractivity contribution in [1.29, 1.82) is 0 Å².